The molecule has 2 unspecified atom stereocenters. The molecule has 2 atom stereocenters. The van der Waals surface area contributed by atoms with Crippen LogP contribution in [0, 0.1) is 0 Å². The quantitative estimate of drug-likeness (QED) is 0.645. The fourth-order valence-electron chi connectivity index (χ4n) is 3.90. The van der Waals surface area contributed by atoms with Crippen molar-refractivity contribution < 1.29 is 8.39 Å². The highest BCUT2D eigenvalue weighted by Crippen LogP contribution is 2.40. The second kappa shape index (κ2) is 7.49. The lowest BCUT2D eigenvalue weighted by Crippen LogP contribution is -2.46. The molecule has 0 aromatic heterocycles. The zero-order valence-electron chi connectivity index (χ0n) is 15.6. The molecule has 8 heteroatoms. The number of fused-ring (bicyclic) bond motifs is 1. The van der Waals surface area contributed by atoms with Crippen LogP contribution < -0.4 is 9.50 Å². The number of halogens is 1. The largest absolute Gasteiger partial charge is 0.400 e. The zero-order valence-corrected chi connectivity index (χ0v) is 18.9. The standard InChI is InChI=1S/C21H20BrN3O2S2/c22-16-6-1-4-14(12-16)21(19-23-10-3-11-25(19)20(28)24-21)15-5-2-7-17(13-15)27-29(26)18-8-9-18/h1-2,4-7,12-13,18H,3,8-11H2,(H,24,28). The van der Waals surface area contributed by atoms with Gasteiger partial charge in [-0.3, -0.25) is 4.99 Å². The topological polar surface area (TPSA) is 53.9 Å². The summed E-state index contributed by atoms with van der Waals surface area (Å²) in [5.41, 5.74) is 1.30. The highest BCUT2D eigenvalue weighted by Gasteiger charge is 2.50. The van der Waals surface area contributed by atoms with Gasteiger partial charge in [-0.05, 0) is 66.9 Å². The van der Waals surface area contributed by atoms with Gasteiger partial charge in [0, 0.05) is 17.6 Å². The Morgan fingerprint density at radius 2 is 1.97 bits per heavy atom. The van der Waals surface area contributed by atoms with Gasteiger partial charge in [0.15, 0.2) is 5.11 Å². The van der Waals surface area contributed by atoms with E-state index in [-0.39, 0.29) is 5.25 Å². The van der Waals surface area contributed by atoms with Gasteiger partial charge in [-0.1, -0.05) is 40.2 Å². The molecule has 1 N–H and O–H groups in total. The Kier molecular flexibility index (Phi) is 4.96. The van der Waals surface area contributed by atoms with E-state index in [2.05, 4.69) is 38.3 Å². The van der Waals surface area contributed by atoms with E-state index in [1.807, 2.05) is 36.4 Å². The van der Waals surface area contributed by atoms with Crippen molar-refractivity contribution in [2.45, 2.75) is 30.1 Å². The Hall–Kier alpha value is -1.77. The first kappa shape index (κ1) is 19.2. The van der Waals surface area contributed by atoms with Crippen LogP contribution in [0.15, 0.2) is 58.0 Å². The minimum atomic E-state index is -1.29. The second-order valence-electron chi connectivity index (χ2n) is 7.47. The van der Waals surface area contributed by atoms with Crippen molar-refractivity contribution in [1.29, 1.82) is 0 Å². The summed E-state index contributed by atoms with van der Waals surface area (Å²) in [6, 6.07) is 16.0. The highest BCUT2D eigenvalue weighted by molar-refractivity contribution is 9.10. The first-order chi connectivity index (χ1) is 14.1. The van der Waals surface area contributed by atoms with E-state index in [0.29, 0.717) is 10.9 Å². The maximum atomic E-state index is 12.3. The van der Waals surface area contributed by atoms with Crippen LogP contribution in [0.3, 0.4) is 0 Å². The Balaban J connectivity index is 1.65. The third kappa shape index (κ3) is 3.41. The van der Waals surface area contributed by atoms with E-state index < -0.39 is 16.6 Å². The maximum Gasteiger partial charge on any atom is 0.209 e. The van der Waals surface area contributed by atoms with Crippen LogP contribution in [0.25, 0.3) is 0 Å². The Morgan fingerprint density at radius 1 is 1.21 bits per heavy atom. The summed E-state index contributed by atoms with van der Waals surface area (Å²) in [6.45, 7) is 1.62. The molecule has 2 aromatic rings. The van der Waals surface area contributed by atoms with Gasteiger partial charge < -0.3 is 14.4 Å². The molecule has 1 saturated carbocycles. The lowest BCUT2D eigenvalue weighted by Gasteiger charge is -2.33. The fourth-order valence-corrected chi connectivity index (χ4v) is 5.58. The number of amidine groups is 1. The van der Waals surface area contributed by atoms with Gasteiger partial charge in [-0.15, -0.1) is 0 Å². The Morgan fingerprint density at radius 3 is 2.72 bits per heavy atom. The third-order valence-corrected chi connectivity index (χ3v) is 7.62. The number of nitrogens with one attached hydrogen (secondary N) is 1. The van der Waals surface area contributed by atoms with E-state index >= 15 is 0 Å². The maximum absolute atomic E-state index is 12.3. The molecule has 5 rings (SSSR count). The van der Waals surface area contributed by atoms with Gasteiger partial charge in [0.1, 0.15) is 17.1 Å². The molecule has 0 spiro atoms. The predicted molar refractivity (Wildman–Crippen MR) is 123 cm³/mol. The number of nitrogens with zero attached hydrogens (tertiary/aromatic N) is 2. The van der Waals surface area contributed by atoms with Crippen molar-refractivity contribution in [3.8, 4) is 5.75 Å². The molecule has 1 saturated heterocycles. The SMILES string of the molecule is O=S(Oc1cccc(C2(c3cccc(Br)c3)NC(=S)N3CCCN=C32)c1)C1CC1. The summed E-state index contributed by atoms with van der Waals surface area (Å²) >= 11 is 7.99. The van der Waals surface area contributed by atoms with Crippen LogP contribution in [0.2, 0.25) is 0 Å². The van der Waals surface area contributed by atoms with Gasteiger partial charge in [-0.2, -0.15) is 0 Å². The molecule has 150 valence electrons. The second-order valence-corrected chi connectivity index (χ2v) is 10.1. The van der Waals surface area contributed by atoms with Crippen molar-refractivity contribution in [3.63, 3.8) is 0 Å². The van der Waals surface area contributed by atoms with Crippen LogP contribution in [0.4, 0.5) is 0 Å². The normalized spacial score (nSPS) is 24.5. The van der Waals surface area contributed by atoms with Crippen molar-refractivity contribution >= 4 is 50.2 Å². The molecule has 2 aliphatic heterocycles. The predicted octanol–water partition coefficient (Wildman–Crippen LogP) is 3.89. The van der Waals surface area contributed by atoms with Gasteiger partial charge in [0.05, 0.1) is 5.25 Å². The van der Waals surface area contributed by atoms with E-state index in [1.54, 1.807) is 0 Å². The van der Waals surface area contributed by atoms with Crippen molar-refractivity contribution in [2.75, 3.05) is 13.1 Å². The van der Waals surface area contributed by atoms with Crippen LogP contribution in [-0.4, -0.2) is 38.4 Å². The molecule has 1 aliphatic carbocycles. The smallest absolute Gasteiger partial charge is 0.209 e. The summed E-state index contributed by atoms with van der Waals surface area (Å²) in [6.07, 6.45) is 2.91. The summed E-state index contributed by atoms with van der Waals surface area (Å²) in [5, 5.41) is 4.40. The molecule has 2 fully saturated rings. The van der Waals surface area contributed by atoms with E-state index in [4.69, 9.17) is 21.4 Å². The van der Waals surface area contributed by atoms with E-state index in [9.17, 15) is 4.21 Å². The summed E-state index contributed by atoms with van der Waals surface area (Å²) in [5.74, 6) is 1.51. The van der Waals surface area contributed by atoms with E-state index in [1.165, 1.54) is 0 Å². The fraction of sp³-hybridized carbons (Fsp3) is 0.333. The summed E-state index contributed by atoms with van der Waals surface area (Å²) in [4.78, 5) is 6.98. The molecule has 0 radical (unpaired) electrons. The monoisotopic (exact) mass is 489 g/mol. The molecular formula is C21H20BrN3O2S2. The third-order valence-electron chi connectivity index (χ3n) is 5.43. The summed E-state index contributed by atoms with van der Waals surface area (Å²) < 4.78 is 19.0. The Labute approximate surface area is 186 Å². The van der Waals surface area contributed by atoms with E-state index in [0.717, 1.165) is 53.8 Å². The van der Waals surface area contributed by atoms with Crippen molar-refractivity contribution in [1.82, 2.24) is 10.2 Å². The number of rotatable bonds is 5. The molecule has 0 amide bonds. The first-order valence-corrected chi connectivity index (χ1v) is 12.0. The number of benzene rings is 2. The minimum absolute atomic E-state index is 0.160. The number of aliphatic imine (C=N–C) groups is 1. The van der Waals surface area contributed by atoms with Crippen LogP contribution in [0.5, 0.6) is 5.75 Å². The number of hydrogen-bond acceptors (Lipinski definition) is 4. The zero-order chi connectivity index (χ0) is 20.0. The Bertz CT molecular complexity index is 1040. The molecule has 3 aliphatic rings. The molecule has 29 heavy (non-hydrogen) atoms. The molecular weight excluding hydrogens is 470 g/mol. The van der Waals surface area contributed by atoms with Gasteiger partial charge in [-0.25, -0.2) is 4.21 Å². The number of hydrogen-bond donors (Lipinski definition) is 1. The summed E-state index contributed by atoms with van der Waals surface area (Å²) in [7, 11) is 0. The van der Waals surface area contributed by atoms with Gasteiger partial charge in [0.25, 0.3) is 0 Å². The first-order valence-electron chi connectivity index (χ1n) is 9.68. The average molecular weight is 490 g/mol. The van der Waals surface area contributed by atoms with Gasteiger partial charge in [0.2, 0.25) is 11.1 Å². The number of thiocarbonyl (C=S) groups is 1. The highest BCUT2D eigenvalue weighted by atomic mass is 79.9. The molecule has 5 nitrogen and oxygen atoms in total. The minimum Gasteiger partial charge on any atom is -0.400 e. The molecule has 2 heterocycles. The lowest BCUT2D eigenvalue weighted by atomic mass is 9.82. The van der Waals surface area contributed by atoms with Crippen LogP contribution in [0.1, 0.15) is 30.4 Å². The van der Waals surface area contributed by atoms with Crippen LogP contribution in [-0.2, 0) is 16.6 Å². The molecule has 0 bridgehead atoms. The lowest BCUT2D eigenvalue weighted by molar-refractivity contribution is 0.542. The van der Waals surface area contributed by atoms with Gasteiger partial charge >= 0.3 is 0 Å². The molecule has 2 aromatic carbocycles. The van der Waals surface area contributed by atoms with Crippen LogP contribution >= 0.6 is 28.1 Å². The van der Waals surface area contributed by atoms with Crippen molar-refractivity contribution in [2.24, 2.45) is 4.99 Å². The van der Waals surface area contributed by atoms with Crippen molar-refractivity contribution in [3.05, 3.63) is 64.1 Å². The average Bonchev–Trinajstić information content (AvgIpc) is 3.53.